The van der Waals surface area contributed by atoms with Crippen molar-refractivity contribution in [1.82, 2.24) is 5.32 Å². The number of carbonyl (C=O) groups excluding carboxylic acids is 1. The van der Waals surface area contributed by atoms with Crippen molar-refractivity contribution < 1.29 is 9.90 Å². The van der Waals surface area contributed by atoms with Crippen molar-refractivity contribution in [2.45, 2.75) is 37.8 Å². The van der Waals surface area contributed by atoms with E-state index in [4.69, 9.17) is 5.73 Å². The minimum atomic E-state index is -0.760. The Kier molecular flexibility index (Phi) is 4.59. The Morgan fingerprint density at radius 1 is 1.45 bits per heavy atom. The van der Waals surface area contributed by atoms with E-state index in [1.165, 1.54) is 12.1 Å². The average Bonchev–Trinajstić information content (AvgIpc) is 2.45. The summed E-state index contributed by atoms with van der Waals surface area (Å²) in [6.07, 6.45) is 3.67. The minimum Gasteiger partial charge on any atom is -0.508 e. The molecule has 1 amide bonds. The number of phenolic OH excluding ortho intramolecular Hbond substituents is 1. The van der Waals surface area contributed by atoms with Gasteiger partial charge in [-0.15, -0.1) is 0 Å². The lowest BCUT2D eigenvalue weighted by molar-refractivity contribution is -0.126. The first kappa shape index (κ1) is 14.4. The van der Waals surface area contributed by atoms with Crippen LogP contribution in [0.4, 0.5) is 0 Å². The van der Waals surface area contributed by atoms with Crippen LogP contribution in [-0.4, -0.2) is 17.1 Å². The van der Waals surface area contributed by atoms with Crippen LogP contribution in [0.3, 0.4) is 0 Å². The van der Waals surface area contributed by atoms with Crippen molar-refractivity contribution >= 4 is 5.91 Å². The van der Waals surface area contributed by atoms with Crippen molar-refractivity contribution in [3.63, 3.8) is 0 Å². The number of aromatic hydroxyl groups is 1. The lowest BCUT2D eigenvalue weighted by Crippen LogP contribution is -2.44. The van der Waals surface area contributed by atoms with Crippen molar-refractivity contribution in [2.24, 2.45) is 11.7 Å². The zero-order chi connectivity index (χ0) is 14.5. The van der Waals surface area contributed by atoms with Gasteiger partial charge in [-0.05, 0) is 30.5 Å². The summed E-state index contributed by atoms with van der Waals surface area (Å²) in [5.41, 5.74) is 6.55. The standard InChI is InChI=1S/C15H19N3O2/c16-9-14(10-4-3-5-11(19)8-10)18-15(20)12-6-1-2-7-13(12)17/h3-5,8,12-14,19H,1-2,6-7,17H2,(H,18,20). The summed E-state index contributed by atoms with van der Waals surface area (Å²) in [6, 6.07) is 7.51. The molecule has 1 fully saturated rings. The number of carbonyl (C=O) groups is 1. The fourth-order valence-electron chi connectivity index (χ4n) is 2.63. The molecule has 2 rings (SSSR count). The predicted molar refractivity (Wildman–Crippen MR) is 74.5 cm³/mol. The van der Waals surface area contributed by atoms with Gasteiger partial charge in [0.05, 0.1) is 12.0 Å². The third kappa shape index (κ3) is 3.28. The Morgan fingerprint density at radius 2 is 2.20 bits per heavy atom. The average molecular weight is 273 g/mol. The molecule has 0 aliphatic heterocycles. The second-order valence-corrected chi connectivity index (χ2v) is 5.22. The molecule has 1 aromatic rings. The third-order valence-corrected chi connectivity index (χ3v) is 3.78. The molecular weight excluding hydrogens is 254 g/mol. The molecule has 0 radical (unpaired) electrons. The second-order valence-electron chi connectivity index (χ2n) is 5.22. The highest BCUT2D eigenvalue weighted by Gasteiger charge is 2.29. The van der Waals surface area contributed by atoms with E-state index in [1.807, 2.05) is 6.07 Å². The van der Waals surface area contributed by atoms with E-state index in [2.05, 4.69) is 5.32 Å². The van der Waals surface area contributed by atoms with Crippen molar-refractivity contribution in [3.05, 3.63) is 29.8 Å². The van der Waals surface area contributed by atoms with Crippen molar-refractivity contribution in [2.75, 3.05) is 0 Å². The summed E-state index contributed by atoms with van der Waals surface area (Å²) in [5, 5.41) is 21.4. The van der Waals surface area contributed by atoms with Gasteiger partial charge in [-0.2, -0.15) is 5.26 Å². The summed E-state index contributed by atoms with van der Waals surface area (Å²) >= 11 is 0. The molecule has 4 N–H and O–H groups in total. The molecule has 20 heavy (non-hydrogen) atoms. The molecule has 0 saturated heterocycles. The molecule has 1 saturated carbocycles. The van der Waals surface area contributed by atoms with E-state index in [0.717, 1.165) is 25.7 Å². The number of nitrogens with two attached hydrogens (primary N) is 1. The SMILES string of the molecule is N#CC(NC(=O)C1CCCCC1N)c1cccc(O)c1. The van der Waals surface area contributed by atoms with E-state index in [9.17, 15) is 15.2 Å². The number of nitriles is 1. The van der Waals surface area contributed by atoms with E-state index < -0.39 is 6.04 Å². The van der Waals surface area contributed by atoms with Crippen LogP contribution < -0.4 is 11.1 Å². The highest BCUT2D eigenvalue weighted by Crippen LogP contribution is 2.24. The Bertz CT molecular complexity index is 524. The first-order valence-corrected chi connectivity index (χ1v) is 6.86. The van der Waals surface area contributed by atoms with Gasteiger partial charge in [0.15, 0.2) is 0 Å². The molecule has 5 heteroatoms. The van der Waals surface area contributed by atoms with Crippen LogP contribution in [-0.2, 0) is 4.79 Å². The Hall–Kier alpha value is -2.06. The van der Waals surface area contributed by atoms with Crippen molar-refractivity contribution in [3.8, 4) is 11.8 Å². The van der Waals surface area contributed by atoms with Gasteiger partial charge in [0.1, 0.15) is 11.8 Å². The normalized spacial score (nSPS) is 23.6. The molecule has 3 unspecified atom stereocenters. The van der Waals surface area contributed by atoms with E-state index in [-0.39, 0.29) is 23.6 Å². The van der Waals surface area contributed by atoms with E-state index >= 15 is 0 Å². The van der Waals surface area contributed by atoms with Crippen LogP contribution in [0.1, 0.15) is 37.3 Å². The lowest BCUT2D eigenvalue weighted by atomic mass is 9.84. The summed E-state index contributed by atoms with van der Waals surface area (Å²) in [7, 11) is 0. The number of nitrogens with zero attached hydrogens (tertiary/aromatic N) is 1. The quantitative estimate of drug-likeness (QED) is 0.778. The number of amides is 1. The number of hydrogen-bond acceptors (Lipinski definition) is 4. The molecule has 0 heterocycles. The summed E-state index contributed by atoms with van der Waals surface area (Å²) in [6.45, 7) is 0. The predicted octanol–water partition coefficient (Wildman–Crippen LogP) is 1.59. The molecule has 1 aromatic carbocycles. The summed E-state index contributed by atoms with van der Waals surface area (Å²) in [5.74, 6) is -0.324. The fourth-order valence-corrected chi connectivity index (χ4v) is 2.63. The van der Waals surface area contributed by atoms with Crippen LogP contribution in [0.5, 0.6) is 5.75 Å². The summed E-state index contributed by atoms with van der Waals surface area (Å²) < 4.78 is 0. The van der Waals surface area contributed by atoms with Crippen LogP contribution in [0, 0.1) is 17.2 Å². The van der Waals surface area contributed by atoms with Gasteiger partial charge >= 0.3 is 0 Å². The van der Waals surface area contributed by atoms with Crippen LogP contribution in [0.25, 0.3) is 0 Å². The molecule has 106 valence electrons. The van der Waals surface area contributed by atoms with E-state index in [0.29, 0.717) is 5.56 Å². The van der Waals surface area contributed by atoms with Gasteiger partial charge in [-0.25, -0.2) is 0 Å². The lowest BCUT2D eigenvalue weighted by Gasteiger charge is -2.28. The van der Waals surface area contributed by atoms with Crippen LogP contribution in [0.2, 0.25) is 0 Å². The summed E-state index contributed by atoms with van der Waals surface area (Å²) in [4.78, 5) is 12.2. The number of nitrogens with one attached hydrogen (secondary N) is 1. The highest BCUT2D eigenvalue weighted by molar-refractivity contribution is 5.80. The molecule has 0 bridgehead atoms. The second kappa shape index (κ2) is 6.40. The zero-order valence-electron chi connectivity index (χ0n) is 11.2. The molecule has 0 spiro atoms. The molecule has 0 aromatic heterocycles. The van der Waals surface area contributed by atoms with Gasteiger partial charge < -0.3 is 16.2 Å². The topological polar surface area (TPSA) is 99.1 Å². The number of hydrogen-bond donors (Lipinski definition) is 3. The number of benzene rings is 1. The first-order valence-electron chi connectivity index (χ1n) is 6.86. The maximum atomic E-state index is 12.2. The van der Waals surface area contributed by atoms with Gasteiger partial charge in [0, 0.05) is 6.04 Å². The van der Waals surface area contributed by atoms with Crippen molar-refractivity contribution in [1.29, 1.82) is 5.26 Å². The van der Waals surface area contributed by atoms with Gasteiger partial charge in [-0.3, -0.25) is 4.79 Å². The molecule has 3 atom stereocenters. The fraction of sp³-hybridized carbons (Fsp3) is 0.467. The zero-order valence-corrected chi connectivity index (χ0v) is 11.2. The van der Waals surface area contributed by atoms with Gasteiger partial charge in [-0.1, -0.05) is 25.0 Å². The number of rotatable bonds is 3. The molecule has 1 aliphatic carbocycles. The number of phenols is 1. The highest BCUT2D eigenvalue weighted by atomic mass is 16.3. The smallest absolute Gasteiger partial charge is 0.225 e. The monoisotopic (exact) mass is 273 g/mol. The Labute approximate surface area is 118 Å². The van der Waals surface area contributed by atoms with Crippen LogP contribution in [0.15, 0.2) is 24.3 Å². The third-order valence-electron chi connectivity index (χ3n) is 3.78. The van der Waals surface area contributed by atoms with Gasteiger partial charge in [0.2, 0.25) is 5.91 Å². The first-order chi connectivity index (χ1) is 9.61. The molecular formula is C15H19N3O2. The molecule has 1 aliphatic rings. The maximum absolute atomic E-state index is 12.2. The van der Waals surface area contributed by atoms with Gasteiger partial charge in [0.25, 0.3) is 0 Å². The largest absolute Gasteiger partial charge is 0.508 e. The minimum absolute atomic E-state index is 0.0753. The maximum Gasteiger partial charge on any atom is 0.225 e. The molecule has 5 nitrogen and oxygen atoms in total. The van der Waals surface area contributed by atoms with Crippen LogP contribution >= 0.6 is 0 Å². The Morgan fingerprint density at radius 3 is 2.85 bits per heavy atom. The van der Waals surface area contributed by atoms with E-state index in [1.54, 1.807) is 12.1 Å². The Balaban J connectivity index is 2.06.